The van der Waals surface area contributed by atoms with Crippen LogP contribution in [0.15, 0.2) is 11.0 Å². The van der Waals surface area contributed by atoms with Crippen molar-refractivity contribution in [1.29, 1.82) is 0 Å². The highest BCUT2D eigenvalue weighted by atomic mass is 35.5. The number of halogens is 2. The van der Waals surface area contributed by atoms with E-state index in [9.17, 15) is 14.0 Å². The van der Waals surface area contributed by atoms with Gasteiger partial charge in [-0.05, 0) is 13.0 Å². The predicted octanol–water partition coefficient (Wildman–Crippen LogP) is 3.33. The monoisotopic (exact) mass is 288 g/mol. The molecule has 1 aliphatic heterocycles. The first-order valence-electron chi connectivity index (χ1n) is 5.41. The van der Waals surface area contributed by atoms with Crippen LogP contribution in [-0.2, 0) is 4.74 Å². The van der Waals surface area contributed by atoms with Gasteiger partial charge in [-0.3, -0.25) is 4.79 Å². The molecule has 0 unspecified atom stereocenters. The minimum Gasteiger partial charge on any atom is -0.462 e. The number of carbonyl (C=O) groups is 2. The molecule has 0 amide bonds. The number of hydrogen-bond donors (Lipinski definition) is 0. The summed E-state index contributed by atoms with van der Waals surface area (Å²) in [6.45, 7) is 1.80. The lowest BCUT2D eigenvalue weighted by atomic mass is 10.0. The van der Waals surface area contributed by atoms with E-state index in [1.807, 2.05) is 0 Å². The van der Waals surface area contributed by atoms with Crippen LogP contribution >= 0.6 is 23.4 Å². The van der Waals surface area contributed by atoms with Crippen LogP contribution in [0.2, 0.25) is 5.02 Å². The quantitative estimate of drug-likeness (QED) is 0.783. The maximum Gasteiger partial charge on any atom is 0.339 e. The molecule has 1 aromatic rings. The van der Waals surface area contributed by atoms with Gasteiger partial charge in [0.05, 0.1) is 27.7 Å². The van der Waals surface area contributed by atoms with E-state index < -0.39 is 11.8 Å². The van der Waals surface area contributed by atoms with Crippen molar-refractivity contribution >= 4 is 35.1 Å². The molecule has 0 saturated carbocycles. The Hall–Kier alpha value is -1.07. The van der Waals surface area contributed by atoms with Crippen molar-refractivity contribution in [2.24, 2.45) is 0 Å². The molecule has 0 saturated heterocycles. The Labute approximate surface area is 113 Å². The molecule has 1 aromatic carbocycles. The highest BCUT2D eigenvalue weighted by Crippen LogP contribution is 2.38. The standard InChI is InChI=1S/C12H10ClFO3S/c1-2-17-12(16)6-5-7(14)11-9(10(6)13)8(15)3-4-18-11/h5H,2-4H2,1H3. The number of ketones is 1. The minimum atomic E-state index is -0.715. The van der Waals surface area contributed by atoms with Crippen LogP contribution < -0.4 is 0 Å². The van der Waals surface area contributed by atoms with E-state index in [-0.39, 0.29) is 33.4 Å². The molecule has 0 aromatic heterocycles. The maximum absolute atomic E-state index is 13.8. The molecular formula is C12H10ClFO3S. The summed E-state index contributed by atoms with van der Waals surface area (Å²) in [6, 6.07) is 1.03. The highest BCUT2D eigenvalue weighted by Gasteiger charge is 2.28. The molecule has 1 aliphatic rings. The van der Waals surface area contributed by atoms with Crippen molar-refractivity contribution in [3.05, 3.63) is 28.0 Å². The van der Waals surface area contributed by atoms with Crippen molar-refractivity contribution in [2.45, 2.75) is 18.2 Å². The summed E-state index contributed by atoms with van der Waals surface area (Å²) >= 11 is 7.26. The fourth-order valence-corrected chi connectivity index (χ4v) is 3.16. The van der Waals surface area contributed by atoms with Gasteiger partial charge >= 0.3 is 5.97 Å². The lowest BCUT2D eigenvalue weighted by Crippen LogP contribution is -2.15. The maximum atomic E-state index is 13.8. The lowest BCUT2D eigenvalue weighted by molar-refractivity contribution is 0.0526. The zero-order valence-corrected chi connectivity index (χ0v) is 11.2. The zero-order valence-electron chi connectivity index (χ0n) is 9.59. The van der Waals surface area contributed by atoms with E-state index in [0.717, 1.165) is 6.07 Å². The van der Waals surface area contributed by atoms with Crippen molar-refractivity contribution in [1.82, 2.24) is 0 Å². The number of hydrogen-bond acceptors (Lipinski definition) is 4. The van der Waals surface area contributed by atoms with Crippen LogP contribution in [0.3, 0.4) is 0 Å². The number of thioether (sulfide) groups is 1. The number of benzene rings is 1. The van der Waals surface area contributed by atoms with Crippen molar-refractivity contribution in [3.63, 3.8) is 0 Å². The van der Waals surface area contributed by atoms with Crippen LogP contribution in [0.25, 0.3) is 0 Å². The first-order chi connectivity index (χ1) is 8.56. The summed E-state index contributed by atoms with van der Waals surface area (Å²) in [4.78, 5) is 23.6. The molecule has 0 aliphatic carbocycles. The van der Waals surface area contributed by atoms with Crippen molar-refractivity contribution in [3.8, 4) is 0 Å². The third-order valence-corrected chi connectivity index (χ3v) is 4.01. The van der Waals surface area contributed by atoms with Crippen LogP contribution in [0.1, 0.15) is 34.1 Å². The number of Topliss-reactive ketones (excluding diaryl/α,β-unsaturated/α-hetero) is 1. The molecule has 0 N–H and O–H groups in total. The second kappa shape index (κ2) is 5.28. The molecule has 6 heteroatoms. The third kappa shape index (κ3) is 2.24. The molecule has 0 fully saturated rings. The second-order valence-electron chi connectivity index (χ2n) is 3.67. The first-order valence-corrected chi connectivity index (χ1v) is 6.77. The van der Waals surface area contributed by atoms with Crippen molar-refractivity contribution < 1.29 is 18.7 Å². The van der Waals surface area contributed by atoms with E-state index >= 15 is 0 Å². The summed E-state index contributed by atoms with van der Waals surface area (Å²) in [5.41, 5.74) is 0.0154. The number of fused-ring (bicyclic) bond motifs is 1. The Kier molecular flexibility index (Phi) is 3.92. The van der Waals surface area contributed by atoms with Gasteiger partial charge in [0.25, 0.3) is 0 Å². The Bertz CT molecular complexity index is 531. The largest absolute Gasteiger partial charge is 0.462 e. The summed E-state index contributed by atoms with van der Waals surface area (Å²) < 4.78 is 18.6. The smallest absolute Gasteiger partial charge is 0.339 e. The molecular weight excluding hydrogens is 279 g/mol. The van der Waals surface area contributed by atoms with E-state index in [2.05, 4.69) is 0 Å². The number of carbonyl (C=O) groups excluding carboxylic acids is 2. The van der Waals surface area contributed by atoms with Crippen LogP contribution in [0, 0.1) is 5.82 Å². The molecule has 2 rings (SSSR count). The Morgan fingerprint density at radius 2 is 2.33 bits per heavy atom. The van der Waals surface area contributed by atoms with Gasteiger partial charge in [0.15, 0.2) is 5.78 Å². The van der Waals surface area contributed by atoms with Crippen molar-refractivity contribution in [2.75, 3.05) is 12.4 Å². The SMILES string of the molecule is CCOC(=O)c1cc(F)c2c(c1Cl)C(=O)CCS2. The van der Waals surface area contributed by atoms with Gasteiger partial charge in [0.2, 0.25) is 0 Å². The fourth-order valence-electron chi connectivity index (χ4n) is 1.73. The number of ether oxygens (including phenoxy) is 1. The summed E-state index contributed by atoms with van der Waals surface area (Å²) in [6.07, 6.45) is 0.295. The molecule has 0 atom stereocenters. The molecule has 1 heterocycles. The van der Waals surface area contributed by atoms with E-state index in [1.165, 1.54) is 11.8 Å². The Morgan fingerprint density at radius 1 is 1.61 bits per heavy atom. The molecule has 18 heavy (non-hydrogen) atoms. The van der Waals surface area contributed by atoms with Gasteiger partial charge in [-0.25, -0.2) is 9.18 Å². The molecule has 0 bridgehead atoms. The molecule has 96 valence electrons. The van der Waals surface area contributed by atoms with Crippen LogP contribution in [0.5, 0.6) is 0 Å². The van der Waals surface area contributed by atoms with Gasteiger partial charge < -0.3 is 4.74 Å². The average Bonchev–Trinajstić information content (AvgIpc) is 2.33. The summed E-state index contributed by atoms with van der Waals surface area (Å²) in [7, 11) is 0. The second-order valence-corrected chi connectivity index (χ2v) is 5.15. The van der Waals surface area contributed by atoms with Crippen LogP contribution in [-0.4, -0.2) is 24.1 Å². The topological polar surface area (TPSA) is 43.4 Å². The highest BCUT2D eigenvalue weighted by molar-refractivity contribution is 7.99. The zero-order chi connectivity index (χ0) is 13.3. The fraction of sp³-hybridized carbons (Fsp3) is 0.333. The average molecular weight is 289 g/mol. The van der Waals surface area contributed by atoms with E-state index in [1.54, 1.807) is 6.92 Å². The summed E-state index contributed by atoms with van der Waals surface area (Å²) in [5.74, 6) is -1.03. The predicted molar refractivity (Wildman–Crippen MR) is 67.0 cm³/mol. The Balaban J connectivity index is 2.58. The van der Waals surface area contributed by atoms with Gasteiger partial charge in [0.1, 0.15) is 5.82 Å². The minimum absolute atomic E-state index is 0.0120. The van der Waals surface area contributed by atoms with Gasteiger partial charge in [-0.2, -0.15) is 0 Å². The van der Waals surface area contributed by atoms with Gasteiger partial charge in [-0.1, -0.05) is 11.6 Å². The van der Waals surface area contributed by atoms with Gasteiger partial charge in [-0.15, -0.1) is 11.8 Å². The third-order valence-electron chi connectivity index (χ3n) is 2.52. The molecule has 0 spiro atoms. The number of rotatable bonds is 2. The lowest BCUT2D eigenvalue weighted by Gasteiger charge is -2.18. The first kappa shape index (κ1) is 13.4. The molecule has 0 radical (unpaired) electrons. The van der Waals surface area contributed by atoms with Crippen LogP contribution in [0.4, 0.5) is 4.39 Å². The van der Waals surface area contributed by atoms with Gasteiger partial charge in [0, 0.05) is 12.2 Å². The number of esters is 1. The Morgan fingerprint density at radius 3 is 3.00 bits per heavy atom. The summed E-state index contributed by atoms with van der Waals surface area (Å²) in [5, 5.41) is -0.0120. The molecule has 3 nitrogen and oxygen atoms in total. The van der Waals surface area contributed by atoms with E-state index in [0.29, 0.717) is 12.2 Å². The van der Waals surface area contributed by atoms with E-state index in [4.69, 9.17) is 16.3 Å². The normalized spacial score (nSPS) is 14.3.